The number of carbonyl (C=O) groups is 1. The lowest BCUT2D eigenvalue weighted by molar-refractivity contribution is -0.113. The Bertz CT molecular complexity index is 943. The van der Waals surface area contributed by atoms with E-state index in [0.29, 0.717) is 11.0 Å². The molecule has 0 aliphatic heterocycles. The molecule has 2 aromatic heterocycles. The summed E-state index contributed by atoms with van der Waals surface area (Å²) in [5.74, 6) is 1.78. The van der Waals surface area contributed by atoms with Crippen LogP contribution in [0.5, 0.6) is 0 Å². The fourth-order valence-corrected chi connectivity index (χ4v) is 4.26. The number of hydrogen-bond acceptors (Lipinski definition) is 6. The lowest BCUT2D eigenvalue weighted by atomic mass is 10.1. The van der Waals surface area contributed by atoms with Crippen molar-refractivity contribution in [2.24, 2.45) is 7.05 Å². The first-order valence-electron chi connectivity index (χ1n) is 9.01. The highest BCUT2D eigenvalue weighted by atomic mass is 32.2. The van der Waals surface area contributed by atoms with Gasteiger partial charge in [0.15, 0.2) is 10.3 Å². The van der Waals surface area contributed by atoms with Crippen LogP contribution in [0.2, 0.25) is 0 Å². The van der Waals surface area contributed by atoms with E-state index in [-0.39, 0.29) is 11.7 Å². The third-order valence-corrected chi connectivity index (χ3v) is 6.33. The molecule has 0 atom stereocenters. The highest BCUT2D eigenvalue weighted by Crippen LogP contribution is 2.39. The standard InChI is InChI=1S/C19H21N5OS2/c1-3-12-4-6-13(7-5-12)15-10-26-18(20-15)21-16(25)11-27-19-23-22-17(24(19)2)14-8-9-14/h4-7,10,14H,3,8-9,11H2,1-2H3,(H,20,21,25). The molecular formula is C19H21N5OS2. The van der Waals surface area contributed by atoms with Gasteiger partial charge in [-0.25, -0.2) is 4.98 Å². The minimum absolute atomic E-state index is 0.0850. The number of carbonyl (C=O) groups excluding carboxylic acids is 1. The molecule has 1 aliphatic carbocycles. The zero-order valence-electron chi connectivity index (χ0n) is 15.3. The summed E-state index contributed by atoms with van der Waals surface area (Å²) < 4.78 is 2.00. The minimum atomic E-state index is -0.0850. The van der Waals surface area contributed by atoms with Gasteiger partial charge in [-0.15, -0.1) is 21.5 Å². The van der Waals surface area contributed by atoms with Crippen molar-refractivity contribution in [3.05, 3.63) is 41.0 Å². The summed E-state index contributed by atoms with van der Waals surface area (Å²) in [7, 11) is 1.96. The van der Waals surface area contributed by atoms with Gasteiger partial charge in [-0.3, -0.25) is 4.79 Å². The lowest BCUT2D eigenvalue weighted by Crippen LogP contribution is -2.14. The van der Waals surface area contributed by atoms with Gasteiger partial charge in [0.25, 0.3) is 0 Å². The normalized spacial score (nSPS) is 13.7. The molecule has 1 aromatic carbocycles. The van der Waals surface area contributed by atoms with E-state index in [1.807, 2.05) is 17.0 Å². The van der Waals surface area contributed by atoms with Gasteiger partial charge in [-0.1, -0.05) is 43.0 Å². The van der Waals surface area contributed by atoms with Crippen molar-refractivity contribution in [2.75, 3.05) is 11.1 Å². The van der Waals surface area contributed by atoms with Gasteiger partial charge in [-0.05, 0) is 24.8 Å². The Labute approximate surface area is 166 Å². The van der Waals surface area contributed by atoms with Crippen LogP contribution in [0.25, 0.3) is 11.3 Å². The van der Waals surface area contributed by atoms with Crippen LogP contribution in [-0.4, -0.2) is 31.4 Å². The van der Waals surface area contributed by atoms with Crippen molar-refractivity contribution in [3.63, 3.8) is 0 Å². The van der Waals surface area contributed by atoms with Crippen LogP contribution in [0.4, 0.5) is 5.13 Å². The van der Waals surface area contributed by atoms with E-state index in [1.165, 1.54) is 41.5 Å². The SMILES string of the molecule is CCc1ccc(-c2csc(NC(=O)CSc3nnc(C4CC4)n3C)n2)cc1. The first-order chi connectivity index (χ1) is 13.1. The van der Waals surface area contributed by atoms with Crippen molar-refractivity contribution < 1.29 is 4.79 Å². The first kappa shape index (κ1) is 18.2. The van der Waals surface area contributed by atoms with Gasteiger partial charge >= 0.3 is 0 Å². The molecule has 0 saturated heterocycles. The van der Waals surface area contributed by atoms with E-state index >= 15 is 0 Å². The summed E-state index contributed by atoms with van der Waals surface area (Å²) >= 11 is 2.84. The number of benzene rings is 1. The Morgan fingerprint density at radius 2 is 2.07 bits per heavy atom. The van der Waals surface area contributed by atoms with E-state index in [9.17, 15) is 4.79 Å². The molecule has 27 heavy (non-hydrogen) atoms. The number of thioether (sulfide) groups is 1. The maximum absolute atomic E-state index is 12.3. The number of thiazole rings is 1. The van der Waals surface area contributed by atoms with Crippen LogP contribution in [0.3, 0.4) is 0 Å². The van der Waals surface area contributed by atoms with Crippen molar-refractivity contribution >= 4 is 34.1 Å². The molecule has 1 N–H and O–H groups in total. The predicted octanol–water partition coefficient (Wildman–Crippen LogP) is 4.11. The van der Waals surface area contributed by atoms with E-state index in [1.54, 1.807) is 0 Å². The van der Waals surface area contributed by atoms with E-state index < -0.39 is 0 Å². The van der Waals surface area contributed by atoms with E-state index in [2.05, 4.69) is 51.7 Å². The summed E-state index contributed by atoms with van der Waals surface area (Å²) in [6.07, 6.45) is 3.39. The van der Waals surface area contributed by atoms with E-state index in [0.717, 1.165) is 28.7 Å². The Hall–Kier alpha value is -2.19. The molecule has 0 spiro atoms. The number of anilines is 1. The molecule has 140 valence electrons. The number of amides is 1. The molecule has 1 amide bonds. The van der Waals surface area contributed by atoms with Crippen LogP contribution in [0, 0.1) is 0 Å². The van der Waals surface area contributed by atoms with Crippen molar-refractivity contribution in [2.45, 2.75) is 37.3 Å². The molecule has 0 radical (unpaired) electrons. The zero-order chi connectivity index (χ0) is 18.8. The predicted molar refractivity (Wildman–Crippen MR) is 109 cm³/mol. The Balaban J connectivity index is 1.33. The Morgan fingerprint density at radius 1 is 1.30 bits per heavy atom. The summed E-state index contributed by atoms with van der Waals surface area (Å²) in [6, 6.07) is 8.36. The molecule has 3 aromatic rings. The molecule has 0 bridgehead atoms. The van der Waals surface area contributed by atoms with Crippen molar-refractivity contribution in [1.29, 1.82) is 0 Å². The molecule has 8 heteroatoms. The fourth-order valence-electron chi connectivity index (χ4n) is 2.81. The van der Waals surface area contributed by atoms with Crippen LogP contribution in [0.15, 0.2) is 34.8 Å². The zero-order valence-corrected chi connectivity index (χ0v) is 16.9. The van der Waals surface area contributed by atoms with E-state index in [4.69, 9.17) is 0 Å². The highest BCUT2D eigenvalue weighted by molar-refractivity contribution is 7.99. The second-order valence-corrected chi connectivity index (χ2v) is 8.40. The third kappa shape index (κ3) is 4.22. The number of nitrogens with one attached hydrogen (secondary N) is 1. The lowest BCUT2D eigenvalue weighted by Gasteiger charge is -2.03. The Morgan fingerprint density at radius 3 is 2.78 bits per heavy atom. The van der Waals surface area contributed by atoms with Crippen LogP contribution >= 0.6 is 23.1 Å². The smallest absolute Gasteiger partial charge is 0.236 e. The minimum Gasteiger partial charge on any atom is -0.309 e. The van der Waals surface area contributed by atoms with Crippen LogP contribution < -0.4 is 5.32 Å². The summed E-state index contributed by atoms with van der Waals surface area (Å²) in [4.78, 5) is 16.8. The maximum Gasteiger partial charge on any atom is 0.236 e. The molecule has 0 unspecified atom stereocenters. The number of nitrogens with zero attached hydrogens (tertiary/aromatic N) is 4. The molecular weight excluding hydrogens is 378 g/mol. The largest absolute Gasteiger partial charge is 0.309 e. The van der Waals surface area contributed by atoms with Crippen molar-refractivity contribution in [3.8, 4) is 11.3 Å². The number of aromatic nitrogens is 4. The molecule has 1 saturated carbocycles. The summed E-state index contributed by atoms with van der Waals surface area (Å²) in [5.41, 5.74) is 3.24. The quantitative estimate of drug-likeness (QED) is 0.605. The third-order valence-electron chi connectivity index (χ3n) is 4.55. The van der Waals surface area contributed by atoms with Crippen LogP contribution in [-0.2, 0) is 18.3 Å². The average molecular weight is 400 g/mol. The maximum atomic E-state index is 12.3. The average Bonchev–Trinajstić information content (AvgIpc) is 3.31. The van der Waals surface area contributed by atoms with Gasteiger partial charge in [0, 0.05) is 23.9 Å². The van der Waals surface area contributed by atoms with Crippen LogP contribution in [0.1, 0.15) is 37.1 Å². The molecule has 6 nitrogen and oxygen atoms in total. The number of aryl methyl sites for hydroxylation is 1. The second-order valence-electron chi connectivity index (χ2n) is 6.60. The highest BCUT2D eigenvalue weighted by Gasteiger charge is 2.29. The molecule has 1 fully saturated rings. The molecule has 1 aliphatic rings. The fraction of sp³-hybridized carbons (Fsp3) is 0.368. The van der Waals surface area contributed by atoms with Gasteiger partial charge in [0.05, 0.1) is 11.4 Å². The Kier molecular flexibility index (Phi) is 5.27. The topological polar surface area (TPSA) is 72.7 Å². The molecule has 2 heterocycles. The number of rotatable bonds is 7. The van der Waals surface area contributed by atoms with Gasteiger partial charge in [0.2, 0.25) is 5.91 Å². The van der Waals surface area contributed by atoms with Crippen molar-refractivity contribution in [1.82, 2.24) is 19.7 Å². The van der Waals surface area contributed by atoms with Gasteiger partial charge in [0.1, 0.15) is 5.82 Å². The van der Waals surface area contributed by atoms with Gasteiger partial charge in [-0.2, -0.15) is 0 Å². The summed E-state index contributed by atoms with van der Waals surface area (Å²) in [6.45, 7) is 2.14. The number of hydrogen-bond donors (Lipinski definition) is 1. The first-order valence-corrected chi connectivity index (χ1v) is 10.9. The second kappa shape index (κ2) is 7.82. The summed E-state index contributed by atoms with van der Waals surface area (Å²) in [5, 5.41) is 14.7. The van der Waals surface area contributed by atoms with Gasteiger partial charge < -0.3 is 9.88 Å². The molecule has 4 rings (SSSR count). The monoisotopic (exact) mass is 399 g/mol.